The molecule has 0 saturated heterocycles. The van der Waals surface area contributed by atoms with Crippen LogP contribution in [0.4, 0.5) is 0 Å². The highest BCUT2D eigenvalue weighted by Gasteiger charge is 2.25. The summed E-state index contributed by atoms with van der Waals surface area (Å²) in [7, 11) is 3.74. The molecular formula is C12H20N4O3S. The zero-order chi connectivity index (χ0) is 15.3. The first-order chi connectivity index (χ1) is 9.32. The van der Waals surface area contributed by atoms with Crippen molar-refractivity contribution in [3.8, 4) is 0 Å². The van der Waals surface area contributed by atoms with Gasteiger partial charge in [-0.05, 0) is 31.5 Å². The number of hydrogen-bond acceptors (Lipinski definition) is 6. The Morgan fingerprint density at radius 1 is 1.30 bits per heavy atom. The van der Waals surface area contributed by atoms with Gasteiger partial charge in [-0.3, -0.25) is 9.59 Å². The molecule has 112 valence electrons. The van der Waals surface area contributed by atoms with E-state index in [1.54, 1.807) is 0 Å². The fraction of sp³-hybridized carbons (Fsp3) is 0.667. The van der Waals surface area contributed by atoms with Gasteiger partial charge in [-0.25, -0.2) is 0 Å². The number of nitrogens with zero attached hydrogens (tertiary/aromatic N) is 4. The molecule has 0 spiro atoms. The van der Waals surface area contributed by atoms with E-state index in [1.165, 1.54) is 4.90 Å². The second-order valence-corrected chi connectivity index (χ2v) is 5.82. The number of likely N-dealkylation sites (N-methyl/N-ethyl adjacent to an activating group) is 1. The number of carbonyl (C=O) groups is 2. The minimum absolute atomic E-state index is 0.0771. The fourth-order valence-electron chi connectivity index (χ4n) is 1.60. The summed E-state index contributed by atoms with van der Waals surface area (Å²) in [6.45, 7) is 4.49. The molecule has 0 fully saturated rings. The van der Waals surface area contributed by atoms with Gasteiger partial charge in [-0.1, -0.05) is 18.3 Å². The molecule has 0 aliphatic carbocycles. The standard InChI is InChI=1S/C12H20N4O3S/c1-8(2)10-11(20-14-13-10)12(19)16(7-9(17)18)6-5-15(3)4/h8H,5-7H2,1-4H3,(H,17,18). The van der Waals surface area contributed by atoms with E-state index in [4.69, 9.17) is 5.11 Å². The van der Waals surface area contributed by atoms with Crippen molar-refractivity contribution in [3.63, 3.8) is 0 Å². The van der Waals surface area contributed by atoms with Gasteiger partial charge in [0.15, 0.2) is 0 Å². The normalized spacial score (nSPS) is 11.1. The largest absolute Gasteiger partial charge is 0.480 e. The molecular weight excluding hydrogens is 280 g/mol. The highest BCUT2D eigenvalue weighted by molar-refractivity contribution is 7.08. The number of aromatic nitrogens is 2. The Bertz CT molecular complexity index is 473. The molecule has 0 saturated carbocycles. The van der Waals surface area contributed by atoms with Crippen molar-refractivity contribution in [2.45, 2.75) is 19.8 Å². The third-order valence-electron chi connectivity index (χ3n) is 2.68. The Hall–Kier alpha value is -1.54. The smallest absolute Gasteiger partial charge is 0.323 e. The van der Waals surface area contributed by atoms with Gasteiger partial charge in [0.2, 0.25) is 0 Å². The van der Waals surface area contributed by atoms with Gasteiger partial charge in [0, 0.05) is 13.1 Å². The van der Waals surface area contributed by atoms with E-state index in [1.807, 2.05) is 32.8 Å². The summed E-state index contributed by atoms with van der Waals surface area (Å²) in [5, 5.41) is 12.9. The Morgan fingerprint density at radius 3 is 2.45 bits per heavy atom. The molecule has 8 heteroatoms. The maximum atomic E-state index is 12.5. The minimum Gasteiger partial charge on any atom is -0.480 e. The average molecular weight is 300 g/mol. The SMILES string of the molecule is CC(C)c1nnsc1C(=O)N(CCN(C)C)CC(=O)O. The summed E-state index contributed by atoms with van der Waals surface area (Å²) in [5.74, 6) is -1.26. The van der Waals surface area contributed by atoms with Crippen molar-refractivity contribution in [2.24, 2.45) is 0 Å². The molecule has 0 aromatic carbocycles. The van der Waals surface area contributed by atoms with Crippen LogP contribution >= 0.6 is 11.5 Å². The maximum Gasteiger partial charge on any atom is 0.323 e. The minimum atomic E-state index is -1.03. The monoisotopic (exact) mass is 300 g/mol. The third-order valence-corrected chi connectivity index (χ3v) is 3.41. The molecule has 1 aromatic heterocycles. The Labute approximate surface area is 122 Å². The summed E-state index contributed by atoms with van der Waals surface area (Å²) in [6.07, 6.45) is 0. The summed E-state index contributed by atoms with van der Waals surface area (Å²) in [5.41, 5.74) is 0.625. The van der Waals surface area contributed by atoms with E-state index in [2.05, 4.69) is 9.59 Å². The summed E-state index contributed by atoms with van der Waals surface area (Å²) in [4.78, 5) is 27.0. The number of rotatable bonds is 7. The van der Waals surface area contributed by atoms with Crippen molar-refractivity contribution < 1.29 is 14.7 Å². The molecule has 1 aromatic rings. The zero-order valence-electron chi connectivity index (χ0n) is 12.2. The van der Waals surface area contributed by atoms with Crippen LogP contribution < -0.4 is 0 Å². The lowest BCUT2D eigenvalue weighted by molar-refractivity contribution is -0.137. The predicted octanol–water partition coefficient (Wildman–Crippen LogP) is 0.750. The number of carbonyl (C=O) groups excluding carboxylic acids is 1. The molecule has 0 aliphatic heterocycles. The molecule has 0 atom stereocenters. The molecule has 7 nitrogen and oxygen atoms in total. The molecule has 1 rings (SSSR count). The first kappa shape index (κ1) is 16.5. The van der Waals surface area contributed by atoms with Gasteiger partial charge in [-0.2, -0.15) is 0 Å². The summed E-state index contributed by atoms with van der Waals surface area (Å²) >= 11 is 1.02. The van der Waals surface area contributed by atoms with E-state index >= 15 is 0 Å². The van der Waals surface area contributed by atoms with Crippen LogP contribution in [0.15, 0.2) is 0 Å². The Morgan fingerprint density at radius 2 is 1.95 bits per heavy atom. The zero-order valence-corrected chi connectivity index (χ0v) is 13.0. The van der Waals surface area contributed by atoms with E-state index in [0.717, 1.165) is 11.5 Å². The van der Waals surface area contributed by atoms with E-state index < -0.39 is 5.97 Å². The maximum absolute atomic E-state index is 12.5. The van der Waals surface area contributed by atoms with Crippen LogP contribution in [0.3, 0.4) is 0 Å². The number of carboxylic acid groups (broad SMARTS) is 1. The molecule has 1 N–H and O–H groups in total. The van der Waals surface area contributed by atoms with Crippen molar-refractivity contribution in [3.05, 3.63) is 10.6 Å². The first-order valence-electron chi connectivity index (χ1n) is 6.31. The van der Waals surface area contributed by atoms with E-state index in [9.17, 15) is 9.59 Å². The Kier molecular flexibility index (Phi) is 6.03. The third kappa shape index (κ3) is 4.53. The molecule has 1 heterocycles. The summed E-state index contributed by atoms with van der Waals surface area (Å²) in [6, 6.07) is 0. The lowest BCUT2D eigenvalue weighted by atomic mass is 10.1. The highest BCUT2D eigenvalue weighted by atomic mass is 32.1. The lowest BCUT2D eigenvalue weighted by Crippen LogP contribution is -2.40. The Balaban J connectivity index is 2.91. The number of carboxylic acids is 1. The number of aliphatic carboxylic acids is 1. The van der Waals surface area contributed by atoms with Crippen molar-refractivity contribution >= 4 is 23.4 Å². The van der Waals surface area contributed by atoms with Crippen LogP contribution in [-0.4, -0.2) is 70.1 Å². The van der Waals surface area contributed by atoms with Crippen LogP contribution in [0.25, 0.3) is 0 Å². The van der Waals surface area contributed by atoms with Crippen molar-refractivity contribution in [1.82, 2.24) is 19.4 Å². The molecule has 0 radical (unpaired) electrons. The van der Waals surface area contributed by atoms with Gasteiger partial charge in [-0.15, -0.1) is 5.10 Å². The number of hydrogen-bond donors (Lipinski definition) is 1. The molecule has 0 bridgehead atoms. The second kappa shape index (κ2) is 7.30. The number of amides is 1. The van der Waals surface area contributed by atoms with Gasteiger partial charge < -0.3 is 14.9 Å². The fourth-order valence-corrected chi connectivity index (χ4v) is 2.39. The topological polar surface area (TPSA) is 86.6 Å². The van der Waals surface area contributed by atoms with Crippen molar-refractivity contribution in [1.29, 1.82) is 0 Å². The van der Waals surface area contributed by atoms with Gasteiger partial charge in [0.05, 0.1) is 5.69 Å². The quantitative estimate of drug-likeness (QED) is 0.799. The lowest BCUT2D eigenvalue weighted by Gasteiger charge is -2.22. The summed E-state index contributed by atoms with van der Waals surface area (Å²) < 4.78 is 3.81. The van der Waals surface area contributed by atoms with E-state index in [0.29, 0.717) is 23.7 Å². The average Bonchev–Trinajstić information content (AvgIpc) is 2.82. The van der Waals surface area contributed by atoms with Crippen LogP contribution in [0.1, 0.15) is 35.1 Å². The molecule has 20 heavy (non-hydrogen) atoms. The van der Waals surface area contributed by atoms with Gasteiger partial charge >= 0.3 is 5.97 Å². The second-order valence-electron chi connectivity index (χ2n) is 5.07. The van der Waals surface area contributed by atoms with Crippen molar-refractivity contribution in [2.75, 3.05) is 33.7 Å². The van der Waals surface area contributed by atoms with E-state index in [-0.39, 0.29) is 18.4 Å². The van der Waals surface area contributed by atoms with Crippen LogP contribution in [0, 0.1) is 0 Å². The molecule has 1 amide bonds. The first-order valence-corrected chi connectivity index (χ1v) is 7.08. The molecule has 0 unspecified atom stereocenters. The van der Waals surface area contributed by atoms with Gasteiger partial charge in [0.1, 0.15) is 11.4 Å². The molecule has 0 aliphatic rings. The van der Waals surface area contributed by atoms with Crippen LogP contribution in [0.2, 0.25) is 0 Å². The van der Waals surface area contributed by atoms with Crippen LogP contribution in [0.5, 0.6) is 0 Å². The highest BCUT2D eigenvalue weighted by Crippen LogP contribution is 2.21. The predicted molar refractivity (Wildman–Crippen MR) is 76.1 cm³/mol. The van der Waals surface area contributed by atoms with Crippen LogP contribution in [-0.2, 0) is 4.79 Å². The van der Waals surface area contributed by atoms with Gasteiger partial charge in [0.25, 0.3) is 5.91 Å².